The number of alkyl halides is 3. The lowest BCUT2D eigenvalue weighted by molar-refractivity contribution is -0.141. The summed E-state index contributed by atoms with van der Waals surface area (Å²) in [6.07, 6.45) is -4.66. The van der Waals surface area contributed by atoms with Crippen LogP contribution in [-0.2, 0) is 12.7 Å². The monoisotopic (exact) mass is 301 g/mol. The zero-order valence-electron chi connectivity index (χ0n) is 10.7. The Morgan fingerprint density at radius 1 is 1.43 bits per heavy atom. The lowest BCUT2D eigenvalue weighted by Crippen LogP contribution is -2.14. The van der Waals surface area contributed by atoms with Gasteiger partial charge in [0.05, 0.1) is 12.2 Å². The maximum Gasteiger partial charge on any atom is 0.433 e. The average Bonchev–Trinajstić information content (AvgIpc) is 2.80. The number of carboxylic acid groups (broad SMARTS) is 1. The molecular formula is C12H10F3N3O3. The topological polar surface area (TPSA) is 88.2 Å². The SMILES string of the molecule is Cc1cc(CNc2nc(C(F)(F)F)ccc2C(=O)O)on1. The third kappa shape index (κ3) is 3.50. The van der Waals surface area contributed by atoms with Crippen molar-refractivity contribution in [3.05, 3.63) is 40.9 Å². The number of halogens is 3. The van der Waals surface area contributed by atoms with Gasteiger partial charge in [-0.3, -0.25) is 0 Å². The predicted molar refractivity (Wildman–Crippen MR) is 64.8 cm³/mol. The first-order chi connectivity index (χ1) is 9.77. The molecule has 2 heterocycles. The number of aromatic carboxylic acids is 1. The lowest BCUT2D eigenvalue weighted by atomic mass is 10.2. The summed E-state index contributed by atoms with van der Waals surface area (Å²) in [6.45, 7) is 1.65. The van der Waals surface area contributed by atoms with Crippen molar-refractivity contribution in [2.45, 2.75) is 19.6 Å². The summed E-state index contributed by atoms with van der Waals surface area (Å²) in [6, 6.07) is 3.04. The Labute approximate surface area is 116 Å². The molecule has 0 radical (unpaired) electrons. The van der Waals surface area contributed by atoms with E-state index in [0.717, 1.165) is 6.07 Å². The van der Waals surface area contributed by atoms with Gasteiger partial charge in [-0.2, -0.15) is 13.2 Å². The zero-order chi connectivity index (χ0) is 15.6. The van der Waals surface area contributed by atoms with Crippen molar-refractivity contribution >= 4 is 11.8 Å². The minimum absolute atomic E-state index is 0.0323. The zero-order valence-corrected chi connectivity index (χ0v) is 10.7. The largest absolute Gasteiger partial charge is 0.478 e. The van der Waals surface area contributed by atoms with Crippen LogP contribution in [-0.4, -0.2) is 21.2 Å². The normalized spacial score (nSPS) is 11.4. The number of rotatable bonds is 4. The maximum absolute atomic E-state index is 12.6. The summed E-state index contributed by atoms with van der Waals surface area (Å²) < 4.78 is 42.7. The van der Waals surface area contributed by atoms with E-state index in [9.17, 15) is 18.0 Å². The van der Waals surface area contributed by atoms with Crippen molar-refractivity contribution in [3.63, 3.8) is 0 Å². The van der Waals surface area contributed by atoms with Crippen molar-refractivity contribution in [1.82, 2.24) is 10.1 Å². The van der Waals surface area contributed by atoms with E-state index < -0.39 is 17.8 Å². The van der Waals surface area contributed by atoms with E-state index in [4.69, 9.17) is 9.63 Å². The molecule has 0 aromatic carbocycles. The fraction of sp³-hybridized carbons (Fsp3) is 0.250. The first-order valence-corrected chi connectivity index (χ1v) is 5.75. The highest BCUT2D eigenvalue weighted by Crippen LogP contribution is 2.29. The molecule has 21 heavy (non-hydrogen) atoms. The van der Waals surface area contributed by atoms with Crippen LogP contribution in [0.2, 0.25) is 0 Å². The minimum Gasteiger partial charge on any atom is -0.478 e. The number of hydrogen-bond acceptors (Lipinski definition) is 5. The molecule has 0 unspecified atom stereocenters. The number of carboxylic acids is 1. The standard InChI is InChI=1S/C12H10F3N3O3/c1-6-4-7(21-18-6)5-16-10-8(11(19)20)2-3-9(17-10)12(13,14)15/h2-4H,5H2,1H3,(H,16,17)(H,19,20). The van der Waals surface area contributed by atoms with Gasteiger partial charge in [-0.05, 0) is 19.1 Å². The molecule has 0 aliphatic heterocycles. The van der Waals surface area contributed by atoms with Gasteiger partial charge in [0.1, 0.15) is 17.1 Å². The van der Waals surface area contributed by atoms with Crippen LogP contribution >= 0.6 is 0 Å². The highest BCUT2D eigenvalue weighted by atomic mass is 19.4. The van der Waals surface area contributed by atoms with Gasteiger partial charge >= 0.3 is 12.1 Å². The van der Waals surface area contributed by atoms with Crippen LogP contribution in [0.25, 0.3) is 0 Å². The van der Waals surface area contributed by atoms with E-state index >= 15 is 0 Å². The van der Waals surface area contributed by atoms with Crippen molar-refractivity contribution < 1.29 is 27.6 Å². The molecule has 2 N–H and O–H groups in total. The molecule has 0 amide bonds. The fourth-order valence-corrected chi connectivity index (χ4v) is 1.59. The van der Waals surface area contributed by atoms with E-state index in [0.29, 0.717) is 17.5 Å². The minimum atomic E-state index is -4.66. The molecule has 0 atom stereocenters. The average molecular weight is 301 g/mol. The Hall–Kier alpha value is -2.58. The molecule has 0 bridgehead atoms. The van der Waals surface area contributed by atoms with Crippen LogP contribution in [0, 0.1) is 6.92 Å². The van der Waals surface area contributed by atoms with Gasteiger partial charge in [0.2, 0.25) is 0 Å². The van der Waals surface area contributed by atoms with Crippen LogP contribution in [0.4, 0.5) is 19.0 Å². The van der Waals surface area contributed by atoms with Gasteiger partial charge in [-0.25, -0.2) is 9.78 Å². The second-order valence-electron chi connectivity index (χ2n) is 4.18. The number of aryl methyl sites for hydroxylation is 1. The van der Waals surface area contributed by atoms with Crippen LogP contribution in [0.3, 0.4) is 0 Å². The number of pyridine rings is 1. The molecule has 2 rings (SSSR count). The summed E-state index contributed by atoms with van der Waals surface area (Å²) in [7, 11) is 0. The summed E-state index contributed by atoms with van der Waals surface area (Å²) >= 11 is 0. The van der Waals surface area contributed by atoms with Crippen molar-refractivity contribution in [1.29, 1.82) is 0 Å². The van der Waals surface area contributed by atoms with E-state index in [1.54, 1.807) is 13.0 Å². The van der Waals surface area contributed by atoms with E-state index in [1.807, 2.05) is 0 Å². The second kappa shape index (κ2) is 5.43. The van der Waals surface area contributed by atoms with Gasteiger partial charge in [0.15, 0.2) is 5.76 Å². The Kier molecular flexibility index (Phi) is 3.83. The van der Waals surface area contributed by atoms with Crippen molar-refractivity contribution in [3.8, 4) is 0 Å². The van der Waals surface area contributed by atoms with E-state index in [2.05, 4.69) is 15.5 Å². The number of nitrogens with zero attached hydrogens (tertiary/aromatic N) is 2. The van der Waals surface area contributed by atoms with Crippen LogP contribution in [0.1, 0.15) is 27.5 Å². The molecule has 112 valence electrons. The molecule has 2 aromatic heterocycles. The molecule has 9 heteroatoms. The molecule has 0 aliphatic rings. The van der Waals surface area contributed by atoms with Crippen molar-refractivity contribution in [2.24, 2.45) is 0 Å². The van der Waals surface area contributed by atoms with Crippen LogP contribution in [0.5, 0.6) is 0 Å². The number of carbonyl (C=O) groups is 1. The Morgan fingerprint density at radius 3 is 2.67 bits per heavy atom. The Morgan fingerprint density at radius 2 is 2.14 bits per heavy atom. The maximum atomic E-state index is 12.6. The highest BCUT2D eigenvalue weighted by molar-refractivity contribution is 5.93. The first-order valence-electron chi connectivity index (χ1n) is 5.75. The number of anilines is 1. The molecule has 0 spiro atoms. The number of aromatic nitrogens is 2. The molecule has 0 saturated heterocycles. The van der Waals surface area contributed by atoms with E-state index in [1.165, 1.54) is 0 Å². The Bertz CT molecular complexity index is 667. The van der Waals surface area contributed by atoms with Gasteiger partial charge in [-0.1, -0.05) is 5.16 Å². The van der Waals surface area contributed by atoms with Gasteiger partial charge in [-0.15, -0.1) is 0 Å². The molecule has 0 saturated carbocycles. The first kappa shape index (κ1) is 14.8. The van der Waals surface area contributed by atoms with E-state index in [-0.39, 0.29) is 17.9 Å². The van der Waals surface area contributed by atoms with Crippen LogP contribution < -0.4 is 5.32 Å². The number of nitrogens with one attached hydrogen (secondary N) is 1. The number of hydrogen-bond donors (Lipinski definition) is 2. The van der Waals surface area contributed by atoms with Crippen LogP contribution in [0.15, 0.2) is 22.7 Å². The summed E-state index contributed by atoms with van der Waals surface area (Å²) in [5.41, 5.74) is -0.940. The summed E-state index contributed by atoms with van der Waals surface area (Å²) in [5.74, 6) is -1.41. The molecule has 6 nitrogen and oxygen atoms in total. The summed E-state index contributed by atoms with van der Waals surface area (Å²) in [5, 5.41) is 15.1. The molecule has 0 aliphatic carbocycles. The quantitative estimate of drug-likeness (QED) is 0.902. The molecule has 0 fully saturated rings. The second-order valence-corrected chi connectivity index (χ2v) is 4.18. The van der Waals surface area contributed by atoms with Gasteiger partial charge < -0.3 is 14.9 Å². The third-order valence-corrected chi connectivity index (χ3v) is 2.52. The summed E-state index contributed by atoms with van der Waals surface area (Å²) in [4.78, 5) is 14.3. The van der Waals surface area contributed by atoms with Gasteiger partial charge in [0.25, 0.3) is 0 Å². The smallest absolute Gasteiger partial charge is 0.433 e. The molecule has 2 aromatic rings. The third-order valence-electron chi connectivity index (χ3n) is 2.52. The molecular weight excluding hydrogens is 291 g/mol. The van der Waals surface area contributed by atoms with Crippen molar-refractivity contribution in [2.75, 3.05) is 5.32 Å². The fourth-order valence-electron chi connectivity index (χ4n) is 1.59. The Balaban J connectivity index is 2.28. The predicted octanol–water partition coefficient (Wildman–Crippen LogP) is 2.71. The van der Waals surface area contributed by atoms with Gasteiger partial charge in [0, 0.05) is 6.07 Å². The lowest BCUT2D eigenvalue weighted by Gasteiger charge is -2.11. The highest BCUT2D eigenvalue weighted by Gasteiger charge is 2.33.